The third-order valence-electron chi connectivity index (χ3n) is 2.37. The summed E-state index contributed by atoms with van der Waals surface area (Å²) in [6, 6.07) is 4.68. The highest BCUT2D eigenvalue weighted by atomic mass is 19.4. The van der Waals surface area contributed by atoms with Crippen molar-refractivity contribution in [2.75, 3.05) is 0 Å². The van der Waals surface area contributed by atoms with Gasteiger partial charge in [0, 0.05) is 6.42 Å². The Balaban J connectivity index is 2.81. The lowest BCUT2D eigenvalue weighted by Crippen LogP contribution is -2.24. The van der Waals surface area contributed by atoms with E-state index in [1.807, 2.05) is 6.92 Å². The molecule has 0 saturated carbocycles. The van der Waals surface area contributed by atoms with Crippen molar-refractivity contribution in [2.45, 2.75) is 32.0 Å². The topological polar surface area (TPSA) is 59.1 Å². The normalized spacial score (nSPS) is 13.1. The average Bonchev–Trinajstić information content (AvgIpc) is 2.26. The van der Waals surface area contributed by atoms with Crippen LogP contribution in [0.15, 0.2) is 24.3 Å². The zero-order valence-corrected chi connectivity index (χ0v) is 9.92. The van der Waals surface area contributed by atoms with Crippen molar-refractivity contribution in [3.8, 4) is 5.75 Å². The highest BCUT2D eigenvalue weighted by molar-refractivity contribution is 5.77. The van der Waals surface area contributed by atoms with Crippen molar-refractivity contribution in [1.29, 1.82) is 5.41 Å². The van der Waals surface area contributed by atoms with Gasteiger partial charge in [-0.3, -0.25) is 5.41 Å². The number of halogens is 3. The predicted molar refractivity (Wildman–Crippen MR) is 62.7 cm³/mol. The van der Waals surface area contributed by atoms with E-state index >= 15 is 0 Å². The predicted octanol–water partition coefficient (Wildman–Crippen LogP) is 3.19. The van der Waals surface area contributed by atoms with E-state index < -0.39 is 11.7 Å². The van der Waals surface area contributed by atoms with E-state index in [1.54, 1.807) is 0 Å². The maximum absolute atomic E-state index is 12.5. The van der Waals surface area contributed by atoms with E-state index in [-0.39, 0.29) is 24.1 Å². The molecule has 3 N–H and O–H groups in total. The number of nitrogens with two attached hydrogens (primary N) is 1. The number of rotatable bonds is 5. The van der Waals surface area contributed by atoms with Crippen LogP contribution in [0.2, 0.25) is 0 Å². The zero-order chi connectivity index (χ0) is 13.8. The van der Waals surface area contributed by atoms with E-state index in [2.05, 4.69) is 0 Å². The molecule has 1 rings (SSSR count). The molecular weight excluding hydrogens is 245 g/mol. The smallest absolute Gasteiger partial charge is 0.416 e. The van der Waals surface area contributed by atoms with Gasteiger partial charge < -0.3 is 10.5 Å². The number of nitrogens with one attached hydrogen (secondary N) is 1. The van der Waals surface area contributed by atoms with Crippen molar-refractivity contribution in [2.24, 2.45) is 5.73 Å². The first kappa shape index (κ1) is 14.3. The first-order valence-corrected chi connectivity index (χ1v) is 5.49. The molecule has 6 heteroatoms. The Hall–Kier alpha value is -1.72. The summed E-state index contributed by atoms with van der Waals surface area (Å²) in [5.41, 5.74) is 4.49. The van der Waals surface area contributed by atoms with Crippen LogP contribution in [0.5, 0.6) is 5.75 Å². The second-order valence-corrected chi connectivity index (χ2v) is 3.90. The Morgan fingerprint density at radius 2 is 2.11 bits per heavy atom. The molecule has 0 aliphatic rings. The van der Waals surface area contributed by atoms with E-state index in [4.69, 9.17) is 15.9 Å². The molecule has 0 spiro atoms. The van der Waals surface area contributed by atoms with Gasteiger partial charge in [-0.15, -0.1) is 0 Å². The van der Waals surface area contributed by atoms with Crippen molar-refractivity contribution >= 4 is 5.84 Å². The van der Waals surface area contributed by atoms with Gasteiger partial charge in [0.1, 0.15) is 11.9 Å². The van der Waals surface area contributed by atoms with Gasteiger partial charge in [-0.2, -0.15) is 13.2 Å². The minimum Gasteiger partial charge on any atom is -0.490 e. The highest BCUT2D eigenvalue weighted by Crippen LogP contribution is 2.31. The number of hydrogen-bond acceptors (Lipinski definition) is 2. The summed E-state index contributed by atoms with van der Waals surface area (Å²) in [6.07, 6.45) is -4.00. The van der Waals surface area contributed by atoms with Crippen LogP contribution in [0.3, 0.4) is 0 Å². The van der Waals surface area contributed by atoms with Crippen LogP contribution >= 0.6 is 0 Å². The van der Waals surface area contributed by atoms with Gasteiger partial charge >= 0.3 is 6.18 Å². The molecule has 0 bridgehead atoms. The molecule has 100 valence electrons. The molecule has 1 unspecified atom stereocenters. The molecule has 18 heavy (non-hydrogen) atoms. The molecule has 0 radical (unpaired) electrons. The molecule has 0 saturated heterocycles. The monoisotopic (exact) mass is 260 g/mol. The summed E-state index contributed by atoms with van der Waals surface area (Å²) in [5.74, 6) is 0.0896. The molecule has 0 aliphatic heterocycles. The molecule has 0 fully saturated rings. The largest absolute Gasteiger partial charge is 0.490 e. The van der Waals surface area contributed by atoms with Crippen molar-refractivity contribution in [3.63, 3.8) is 0 Å². The van der Waals surface area contributed by atoms with Crippen LogP contribution in [0.25, 0.3) is 0 Å². The van der Waals surface area contributed by atoms with Crippen molar-refractivity contribution in [1.82, 2.24) is 0 Å². The van der Waals surface area contributed by atoms with Crippen molar-refractivity contribution < 1.29 is 17.9 Å². The fourth-order valence-corrected chi connectivity index (χ4v) is 1.45. The molecule has 0 aliphatic carbocycles. The average molecular weight is 260 g/mol. The summed E-state index contributed by atoms with van der Waals surface area (Å²) in [7, 11) is 0. The second-order valence-electron chi connectivity index (χ2n) is 3.90. The number of ether oxygens (including phenoxy) is 1. The molecule has 0 heterocycles. The highest BCUT2D eigenvalue weighted by Gasteiger charge is 2.30. The van der Waals surface area contributed by atoms with Gasteiger partial charge in [-0.05, 0) is 24.6 Å². The lowest BCUT2D eigenvalue weighted by atomic mass is 10.1. The van der Waals surface area contributed by atoms with Gasteiger partial charge in [0.25, 0.3) is 0 Å². The van der Waals surface area contributed by atoms with E-state index in [1.165, 1.54) is 12.1 Å². The van der Waals surface area contributed by atoms with Crippen LogP contribution < -0.4 is 10.5 Å². The van der Waals surface area contributed by atoms with Gasteiger partial charge in [0.15, 0.2) is 0 Å². The number of amidine groups is 1. The van der Waals surface area contributed by atoms with E-state index in [0.717, 1.165) is 12.1 Å². The lowest BCUT2D eigenvalue weighted by Gasteiger charge is -2.17. The lowest BCUT2D eigenvalue weighted by molar-refractivity contribution is -0.137. The maximum Gasteiger partial charge on any atom is 0.416 e. The molecule has 1 aromatic carbocycles. The van der Waals surface area contributed by atoms with Crippen molar-refractivity contribution in [3.05, 3.63) is 29.8 Å². The Labute approximate surface area is 103 Å². The summed E-state index contributed by atoms with van der Waals surface area (Å²) < 4.78 is 42.9. The van der Waals surface area contributed by atoms with Gasteiger partial charge in [-0.25, -0.2) is 0 Å². The SMILES string of the molecule is CCC(CC(=N)N)Oc1cccc(C(F)(F)F)c1. The second kappa shape index (κ2) is 5.75. The van der Waals surface area contributed by atoms with Crippen LogP contribution in [0.1, 0.15) is 25.3 Å². The zero-order valence-electron chi connectivity index (χ0n) is 9.92. The van der Waals surface area contributed by atoms with E-state index in [9.17, 15) is 13.2 Å². The number of hydrogen-bond donors (Lipinski definition) is 2. The summed E-state index contributed by atoms with van der Waals surface area (Å²) >= 11 is 0. The van der Waals surface area contributed by atoms with Crippen LogP contribution in [-0.2, 0) is 6.18 Å². The third kappa shape index (κ3) is 4.27. The third-order valence-corrected chi connectivity index (χ3v) is 2.37. The summed E-state index contributed by atoms with van der Waals surface area (Å²) in [4.78, 5) is 0. The van der Waals surface area contributed by atoms with Crippen LogP contribution in [0, 0.1) is 5.41 Å². The minimum absolute atomic E-state index is 0.0474. The molecule has 1 atom stereocenters. The Bertz CT molecular complexity index is 418. The summed E-state index contributed by atoms with van der Waals surface area (Å²) in [5, 5.41) is 7.15. The molecular formula is C12H15F3N2O. The van der Waals surface area contributed by atoms with Gasteiger partial charge in [0.2, 0.25) is 0 Å². The molecule has 1 aromatic rings. The Morgan fingerprint density at radius 1 is 1.44 bits per heavy atom. The number of benzene rings is 1. The maximum atomic E-state index is 12.5. The molecule has 0 amide bonds. The van der Waals surface area contributed by atoms with Gasteiger partial charge in [-0.1, -0.05) is 13.0 Å². The van der Waals surface area contributed by atoms with Gasteiger partial charge in [0.05, 0.1) is 11.4 Å². The molecule has 0 aromatic heterocycles. The minimum atomic E-state index is -4.39. The fraction of sp³-hybridized carbons (Fsp3) is 0.417. The standard InChI is InChI=1S/C12H15F3N2O/c1-2-9(7-11(16)17)18-10-5-3-4-8(6-10)12(13,14)15/h3-6,9H,2,7H2,1H3,(H3,16,17). The van der Waals surface area contributed by atoms with Crippen LogP contribution in [0.4, 0.5) is 13.2 Å². The summed E-state index contributed by atoms with van der Waals surface area (Å²) in [6.45, 7) is 1.82. The molecule has 3 nitrogen and oxygen atoms in total. The van der Waals surface area contributed by atoms with E-state index in [0.29, 0.717) is 6.42 Å². The first-order valence-electron chi connectivity index (χ1n) is 5.49. The Morgan fingerprint density at radius 3 is 2.61 bits per heavy atom. The van der Waals surface area contributed by atoms with Crippen LogP contribution in [-0.4, -0.2) is 11.9 Å². The Kier molecular flexibility index (Phi) is 4.58. The quantitative estimate of drug-likeness (QED) is 0.631. The number of alkyl halides is 3. The fourth-order valence-electron chi connectivity index (χ4n) is 1.45. The first-order chi connectivity index (χ1) is 8.32.